The van der Waals surface area contributed by atoms with Crippen LogP contribution in [0.2, 0.25) is 0 Å². The molecule has 0 fully saturated rings. The molecule has 0 amide bonds. The predicted molar refractivity (Wildman–Crippen MR) is 85.7 cm³/mol. The quantitative estimate of drug-likeness (QED) is 0.337. The smallest absolute Gasteiger partial charge is 0.159 e. The number of hydrogen-bond acceptors (Lipinski definition) is 7. The number of nitrogens with zero attached hydrogens (tertiary/aromatic N) is 3. The Labute approximate surface area is 134 Å². The summed E-state index contributed by atoms with van der Waals surface area (Å²) in [6.45, 7) is 3.27. The van der Waals surface area contributed by atoms with Gasteiger partial charge in [-0.2, -0.15) is 0 Å². The first kappa shape index (κ1) is 21.9. The fourth-order valence-corrected chi connectivity index (χ4v) is 1.24. The molecule has 2 heterocycles. The molecule has 0 aliphatic rings. The summed E-state index contributed by atoms with van der Waals surface area (Å²) in [6, 6.07) is 6.97. The van der Waals surface area contributed by atoms with Gasteiger partial charge in [0.2, 0.25) is 0 Å². The third-order valence-corrected chi connectivity index (χ3v) is 2.33. The van der Waals surface area contributed by atoms with Crippen LogP contribution in [0.5, 0.6) is 0 Å². The van der Waals surface area contributed by atoms with Gasteiger partial charge in [0, 0.05) is 35.9 Å². The number of hydrogen-bond donors (Lipinski definition) is 3. The summed E-state index contributed by atoms with van der Waals surface area (Å²) in [5.41, 5.74) is 2.20. The molecular weight excluding hydrogens is 308 g/mol. The lowest BCUT2D eigenvalue weighted by molar-refractivity contribution is 0.101. The van der Waals surface area contributed by atoms with Gasteiger partial charge in [-0.25, -0.2) is 5.90 Å². The van der Waals surface area contributed by atoms with Gasteiger partial charge < -0.3 is 10.4 Å². The van der Waals surface area contributed by atoms with Gasteiger partial charge in [0.15, 0.2) is 5.78 Å². The van der Waals surface area contributed by atoms with Crippen LogP contribution in [0.25, 0.3) is 0 Å². The Morgan fingerprint density at radius 1 is 0.955 bits per heavy atom. The van der Waals surface area contributed by atoms with Crippen molar-refractivity contribution in [3.63, 3.8) is 0 Å². The Kier molecular flexibility index (Phi) is 13.6. The Hall–Kier alpha value is -2.35. The third kappa shape index (κ3) is 8.75. The van der Waals surface area contributed by atoms with Gasteiger partial charge in [-0.05, 0) is 38.1 Å². The van der Waals surface area contributed by atoms with Crippen molar-refractivity contribution in [2.24, 2.45) is 11.1 Å². The van der Waals surface area contributed by atoms with Gasteiger partial charge in [-0.15, -0.1) is 12.4 Å². The summed E-state index contributed by atoms with van der Waals surface area (Å²) in [4.78, 5) is 18.2. The number of carbonyl (C=O) groups excluding carboxylic acids is 1. The van der Waals surface area contributed by atoms with Gasteiger partial charge in [0.1, 0.15) is 0 Å². The second-order valence-electron chi connectivity index (χ2n) is 3.71. The first-order valence-electron chi connectivity index (χ1n) is 5.91. The molecule has 0 saturated carbocycles. The van der Waals surface area contributed by atoms with Crippen LogP contribution in [0, 0.1) is 0 Å². The minimum atomic E-state index is 0. The molecule has 2 aromatic rings. The van der Waals surface area contributed by atoms with Crippen LogP contribution < -0.4 is 5.90 Å². The van der Waals surface area contributed by atoms with E-state index in [0.717, 1.165) is 5.56 Å². The van der Waals surface area contributed by atoms with Crippen LogP contribution in [0.3, 0.4) is 0 Å². The van der Waals surface area contributed by atoms with E-state index in [0.29, 0.717) is 11.3 Å². The van der Waals surface area contributed by atoms with Gasteiger partial charge in [-0.3, -0.25) is 14.8 Å². The highest BCUT2D eigenvalue weighted by Crippen LogP contribution is 1.97. The van der Waals surface area contributed by atoms with E-state index in [2.05, 4.69) is 21.0 Å². The van der Waals surface area contributed by atoms with E-state index in [4.69, 9.17) is 10.4 Å². The molecule has 0 saturated heterocycles. The molecule has 120 valence electrons. The maximum atomic E-state index is 10.6. The number of carbonyl (C=O) groups is 1. The highest BCUT2D eigenvalue weighted by Gasteiger charge is 1.94. The van der Waals surface area contributed by atoms with Crippen molar-refractivity contribution in [2.75, 3.05) is 0 Å². The van der Waals surface area contributed by atoms with Crippen LogP contribution in [0.1, 0.15) is 29.8 Å². The molecule has 0 aliphatic heterocycles. The van der Waals surface area contributed by atoms with E-state index in [-0.39, 0.29) is 18.2 Å². The van der Waals surface area contributed by atoms with Crippen LogP contribution >= 0.6 is 12.4 Å². The van der Waals surface area contributed by atoms with Crippen molar-refractivity contribution in [3.8, 4) is 0 Å². The lowest BCUT2D eigenvalue weighted by Gasteiger charge is -1.93. The zero-order valence-electron chi connectivity index (χ0n) is 12.2. The van der Waals surface area contributed by atoms with E-state index < -0.39 is 0 Å². The van der Waals surface area contributed by atoms with Crippen molar-refractivity contribution in [3.05, 3.63) is 60.2 Å². The SMILES string of the molecule is CC(=NO)c1ccncc1.CC(=O)c1ccncc1.Cl.NO. The number of halogens is 1. The molecule has 7 nitrogen and oxygen atoms in total. The monoisotopic (exact) mass is 326 g/mol. The topological polar surface area (TPSA) is 122 Å². The summed E-state index contributed by atoms with van der Waals surface area (Å²) in [7, 11) is 0. The number of rotatable bonds is 2. The van der Waals surface area contributed by atoms with Gasteiger partial charge in [0.25, 0.3) is 0 Å². The lowest BCUT2D eigenvalue weighted by Crippen LogP contribution is -1.93. The average molecular weight is 327 g/mol. The molecule has 2 aromatic heterocycles. The molecule has 0 bridgehead atoms. The van der Waals surface area contributed by atoms with Crippen molar-refractivity contribution in [1.82, 2.24) is 9.97 Å². The Morgan fingerprint density at radius 3 is 1.59 bits per heavy atom. The molecule has 2 rings (SSSR count). The number of Topliss-reactive ketones (excluding diaryl/α,β-unsaturated/α-hetero) is 1. The first-order chi connectivity index (χ1) is 10.1. The molecule has 0 unspecified atom stereocenters. The summed E-state index contributed by atoms with van der Waals surface area (Å²) in [6.07, 6.45) is 6.53. The second kappa shape index (κ2) is 13.6. The van der Waals surface area contributed by atoms with E-state index in [9.17, 15) is 4.79 Å². The number of ketones is 1. The van der Waals surface area contributed by atoms with E-state index in [1.165, 1.54) is 6.92 Å². The fourth-order valence-electron chi connectivity index (χ4n) is 1.24. The molecule has 0 atom stereocenters. The summed E-state index contributed by atoms with van der Waals surface area (Å²) >= 11 is 0. The normalized spacial score (nSPS) is 9.18. The fraction of sp³-hybridized carbons (Fsp3) is 0.143. The van der Waals surface area contributed by atoms with Crippen LogP contribution in [0.15, 0.2) is 54.2 Å². The number of nitrogens with two attached hydrogens (primary N) is 1. The van der Waals surface area contributed by atoms with Gasteiger partial charge >= 0.3 is 0 Å². The van der Waals surface area contributed by atoms with E-state index in [1.54, 1.807) is 56.0 Å². The zero-order valence-corrected chi connectivity index (χ0v) is 13.1. The number of oxime groups is 1. The molecule has 0 aromatic carbocycles. The van der Waals surface area contributed by atoms with Crippen molar-refractivity contribution < 1.29 is 15.2 Å². The third-order valence-electron chi connectivity index (χ3n) is 2.33. The lowest BCUT2D eigenvalue weighted by atomic mass is 10.2. The summed E-state index contributed by atoms with van der Waals surface area (Å²) in [5.74, 6) is 3.58. The summed E-state index contributed by atoms with van der Waals surface area (Å²) < 4.78 is 0. The maximum Gasteiger partial charge on any atom is 0.159 e. The predicted octanol–water partition coefficient (Wildman–Crippen LogP) is 2.32. The molecule has 0 radical (unpaired) electrons. The maximum absolute atomic E-state index is 10.6. The Bertz CT molecular complexity index is 551. The second-order valence-corrected chi connectivity index (χ2v) is 3.71. The average Bonchev–Trinajstić information content (AvgIpc) is 2.58. The van der Waals surface area contributed by atoms with Gasteiger partial charge in [-0.1, -0.05) is 5.16 Å². The molecule has 0 aliphatic carbocycles. The Morgan fingerprint density at radius 2 is 1.32 bits per heavy atom. The summed E-state index contributed by atoms with van der Waals surface area (Å²) in [5, 5.41) is 17.9. The Balaban J connectivity index is 0. The van der Waals surface area contributed by atoms with Crippen LogP contribution in [0.4, 0.5) is 0 Å². The molecule has 4 N–H and O–H groups in total. The first-order valence-corrected chi connectivity index (χ1v) is 5.91. The molecule has 22 heavy (non-hydrogen) atoms. The molecule has 8 heteroatoms. The highest BCUT2D eigenvalue weighted by molar-refractivity contribution is 5.98. The van der Waals surface area contributed by atoms with E-state index in [1.807, 2.05) is 0 Å². The van der Waals surface area contributed by atoms with Crippen molar-refractivity contribution >= 4 is 23.9 Å². The largest absolute Gasteiger partial charge is 0.411 e. The van der Waals surface area contributed by atoms with E-state index >= 15 is 0 Å². The minimum absolute atomic E-state index is 0. The molecular formula is C14H19ClN4O3. The zero-order chi connectivity index (χ0) is 16.1. The minimum Gasteiger partial charge on any atom is -0.411 e. The highest BCUT2D eigenvalue weighted by atomic mass is 35.5. The number of aromatic nitrogens is 2. The van der Waals surface area contributed by atoms with Crippen LogP contribution in [-0.4, -0.2) is 31.9 Å². The van der Waals surface area contributed by atoms with Crippen molar-refractivity contribution in [1.29, 1.82) is 0 Å². The van der Waals surface area contributed by atoms with Crippen LogP contribution in [-0.2, 0) is 0 Å². The standard InChI is InChI=1S/C7H8N2O.C7H7NO.ClH.H3NO/c1-6(9-10)7-2-4-8-5-3-7;1-6(9)7-2-4-8-5-3-7;;1-2/h2-5,10H,1H3;2-5H,1H3;1H;2H,1H2. The van der Waals surface area contributed by atoms with Gasteiger partial charge in [0.05, 0.1) is 5.71 Å². The van der Waals surface area contributed by atoms with Crippen molar-refractivity contribution in [2.45, 2.75) is 13.8 Å². The molecule has 0 spiro atoms. The number of pyridine rings is 2.